The van der Waals surface area contributed by atoms with Crippen molar-refractivity contribution in [2.45, 2.75) is 20.8 Å². The summed E-state index contributed by atoms with van der Waals surface area (Å²) in [5, 5.41) is 11.5. The average Bonchev–Trinajstić information content (AvgIpc) is 2.28. The molecule has 0 aliphatic rings. The predicted octanol–water partition coefficient (Wildman–Crippen LogP) is -3.94. The van der Waals surface area contributed by atoms with Crippen LogP contribution in [0.5, 0.6) is 5.75 Å². The van der Waals surface area contributed by atoms with Crippen molar-refractivity contribution in [3.8, 4) is 5.75 Å². The summed E-state index contributed by atoms with van der Waals surface area (Å²) in [6.07, 6.45) is 1.92. The summed E-state index contributed by atoms with van der Waals surface area (Å²) in [5.41, 5.74) is 0.643. The first-order valence-corrected chi connectivity index (χ1v) is 5.62. The van der Waals surface area contributed by atoms with E-state index >= 15 is 0 Å². The fourth-order valence-electron chi connectivity index (χ4n) is 1.21. The SMILES string of the molecule is COc1ccc([CH-]CN=C([O-])C(C)(C)C)cc1.[Li+].[Li+]. The maximum absolute atomic E-state index is 11.5. The minimum Gasteiger partial charge on any atom is -0.862 e. The molecule has 0 saturated heterocycles. The number of rotatable bonds is 4. The fourth-order valence-corrected chi connectivity index (χ4v) is 1.21. The number of aliphatic imine (C=N–C) groups is 1. The standard InChI is InChI=1S/C14H20NO2.2Li/c1-14(2,3)13(16)15-10-9-11-5-7-12(17-4)8-6-11;;/h5-9H,10H2,1-4H3,(H,15,16);;/q-1;2*+1/p-1. The van der Waals surface area contributed by atoms with Crippen molar-refractivity contribution in [3.05, 3.63) is 36.2 Å². The Morgan fingerprint density at radius 1 is 1.21 bits per heavy atom. The number of hydrogen-bond donors (Lipinski definition) is 0. The van der Waals surface area contributed by atoms with Crippen LogP contribution in [0.3, 0.4) is 0 Å². The molecule has 0 bridgehead atoms. The van der Waals surface area contributed by atoms with Gasteiger partial charge in [0.1, 0.15) is 0 Å². The Bertz CT molecular complexity index is 383. The van der Waals surface area contributed by atoms with E-state index in [2.05, 4.69) is 4.99 Å². The monoisotopic (exact) mass is 247 g/mol. The third-order valence-corrected chi connectivity index (χ3v) is 2.32. The molecule has 0 aromatic heterocycles. The van der Waals surface area contributed by atoms with E-state index in [0.29, 0.717) is 6.54 Å². The van der Waals surface area contributed by atoms with Crippen LogP contribution in [0.25, 0.3) is 0 Å². The number of nitrogens with zero attached hydrogens (tertiary/aromatic N) is 1. The van der Waals surface area contributed by atoms with Gasteiger partial charge in [-0.25, -0.2) is 0 Å². The number of benzene rings is 1. The molecule has 0 amide bonds. The van der Waals surface area contributed by atoms with Gasteiger partial charge < -0.3 is 14.8 Å². The molecular formula is C14H19Li2NO2. The minimum atomic E-state index is -0.395. The molecular weight excluding hydrogens is 228 g/mol. The molecule has 3 nitrogen and oxygen atoms in total. The van der Waals surface area contributed by atoms with E-state index < -0.39 is 5.41 Å². The Labute approximate surface area is 140 Å². The first-order chi connectivity index (χ1) is 7.93. The Hall–Kier alpha value is -0.445. The smallest absolute Gasteiger partial charge is 0.862 e. The van der Waals surface area contributed by atoms with E-state index in [0.717, 1.165) is 11.3 Å². The normalized spacial score (nSPS) is 11.1. The van der Waals surface area contributed by atoms with E-state index in [4.69, 9.17) is 4.74 Å². The van der Waals surface area contributed by atoms with Gasteiger partial charge in [-0.05, 0) is 11.3 Å². The molecule has 0 aliphatic carbocycles. The molecule has 0 spiro atoms. The van der Waals surface area contributed by atoms with E-state index in [1.165, 1.54) is 0 Å². The molecule has 0 saturated carbocycles. The zero-order chi connectivity index (χ0) is 12.9. The quantitative estimate of drug-likeness (QED) is 0.236. The van der Waals surface area contributed by atoms with Crippen LogP contribution in [0.2, 0.25) is 0 Å². The Kier molecular flexibility index (Phi) is 10.4. The van der Waals surface area contributed by atoms with Crippen LogP contribution in [-0.4, -0.2) is 19.6 Å². The maximum atomic E-state index is 11.5. The molecule has 0 N–H and O–H groups in total. The molecule has 1 rings (SSSR count). The van der Waals surface area contributed by atoms with Crippen LogP contribution in [0.15, 0.2) is 29.3 Å². The fraction of sp³-hybridized carbons (Fsp3) is 0.429. The van der Waals surface area contributed by atoms with Crippen molar-refractivity contribution in [3.63, 3.8) is 0 Å². The van der Waals surface area contributed by atoms with E-state index in [1.807, 2.05) is 51.5 Å². The van der Waals surface area contributed by atoms with Gasteiger partial charge in [0.15, 0.2) is 0 Å². The minimum absolute atomic E-state index is 0. The predicted molar refractivity (Wildman–Crippen MR) is 68.2 cm³/mol. The van der Waals surface area contributed by atoms with Crippen LogP contribution < -0.4 is 47.6 Å². The van der Waals surface area contributed by atoms with Crippen LogP contribution >= 0.6 is 0 Å². The van der Waals surface area contributed by atoms with Crippen LogP contribution in [0, 0.1) is 11.8 Å². The molecule has 0 atom stereocenters. The molecule has 0 heterocycles. The summed E-state index contributed by atoms with van der Waals surface area (Å²) in [6, 6.07) is 7.65. The summed E-state index contributed by atoms with van der Waals surface area (Å²) in [5.74, 6) is 0.757. The van der Waals surface area contributed by atoms with Gasteiger partial charge >= 0.3 is 37.7 Å². The molecule has 1 aromatic rings. The molecule has 19 heavy (non-hydrogen) atoms. The second-order valence-electron chi connectivity index (χ2n) is 4.87. The summed E-state index contributed by atoms with van der Waals surface area (Å²) in [6.45, 7) is 6.02. The molecule has 0 radical (unpaired) electrons. The summed E-state index contributed by atoms with van der Waals surface area (Å²) in [4.78, 5) is 4.01. The van der Waals surface area contributed by atoms with Crippen LogP contribution in [-0.2, 0) is 0 Å². The largest absolute Gasteiger partial charge is 1.00 e. The van der Waals surface area contributed by atoms with Gasteiger partial charge in [-0.2, -0.15) is 24.1 Å². The first kappa shape index (κ1) is 20.9. The van der Waals surface area contributed by atoms with Gasteiger partial charge in [0.05, 0.1) is 12.9 Å². The van der Waals surface area contributed by atoms with E-state index in [1.54, 1.807) is 7.11 Å². The van der Waals surface area contributed by atoms with Crippen molar-refractivity contribution in [2.24, 2.45) is 10.4 Å². The average molecular weight is 247 g/mol. The summed E-state index contributed by atoms with van der Waals surface area (Å²) < 4.78 is 5.07. The summed E-state index contributed by atoms with van der Waals surface area (Å²) in [7, 11) is 1.63. The third-order valence-electron chi connectivity index (χ3n) is 2.32. The second kappa shape index (κ2) is 9.46. The van der Waals surface area contributed by atoms with Crippen molar-refractivity contribution >= 4 is 5.90 Å². The Morgan fingerprint density at radius 3 is 2.16 bits per heavy atom. The van der Waals surface area contributed by atoms with Crippen LogP contribution in [0.1, 0.15) is 26.3 Å². The molecule has 5 heteroatoms. The Morgan fingerprint density at radius 2 is 1.74 bits per heavy atom. The third kappa shape index (κ3) is 7.66. The maximum Gasteiger partial charge on any atom is 1.00 e. The zero-order valence-electron chi connectivity index (χ0n) is 12.9. The van der Waals surface area contributed by atoms with Gasteiger partial charge in [0.2, 0.25) is 0 Å². The number of methoxy groups -OCH3 is 1. The van der Waals surface area contributed by atoms with Crippen molar-refractivity contribution in [1.82, 2.24) is 0 Å². The van der Waals surface area contributed by atoms with Crippen molar-refractivity contribution < 1.29 is 47.6 Å². The topological polar surface area (TPSA) is 44.6 Å². The van der Waals surface area contributed by atoms with Crippen molar-refractivity contribution in [2.75, 3.05) is 13.7 Å². The molecule has 1 aromatic carbocycles. The molecule has 94 valence electrons. The first-order valence-electron chi connectivity index (χ1n) is 5.62. The molecule has 0 unspecified atom stereocenters. The van der Waals surface area contributed by atoms with Gasteiger partial charge in [-0.3, -0.25) is 0 Å². The molecule has 0 aliphatic heterocycles. The second-order valence-corrected chi connectivity index (χ2v) is 4.87. The van der Waals surface area contributed by atoms with Gasteiger partial charge in [-0.15, -0.1) is 0 Å². The molecule has 0 fully saturated rings. The van der Waals surface area contributed by atoms with Gasteiger partial charge in [0, 0.05) is 6.54 Å². The van der Waals surface area contributed by atoms with Gasteiger partial charge in [0.25, 0.3) is 0 Å². The number of hydrogen-bond acceptors (Lipinski definition) is 3. The number of ether oxygens (including phenoxy) is 1. The van der Waals surface area contributed by atoms with E-state index in [9.17, 15) is 5.11 Å². The zero-order valence-corrected chi connectivity index (χ0v) is 12.9. The van der Waals surface area contributed by atoms with E-state index in [-0.39, 0.29) is 43.6 Å². The van der Waals surface area contributed by atoms with Crippen molar-refractivity contribution in [1.29, 1.82) is 0 Å². The van der Waals surface area contributed by atoms with Gasteiger partial charge in [-0.1, -0.05) is 32.9 Å². The van der Waals surface area contributed by atoms with Crippen LogP contribution in [0.4, 0.5) is 0 Å². The Balaban J connectivity index is 0. The summed E-state index contributed by atoms with van der Waals surface area (Å²) >= 11 is 0.